The molecule has 0 amide bonds. The van der Waals surface area contributed by atoms with Gasteiger partial charge in [-0.1, -0.05) is 30.3 Å². The largest absolute Gasteiger partial charge is 0.388 e. The van der Waals surface area contributed by atoms with E-state index in [2.05, 4.69) is 4.72 Å². The number of sulfonamides is 1. The van der Waals surface area contributed by atoms with Crippen molar-refractivity contribution in [2.45, 2.75) is 24.2 Å². The molecule has 6 heteroatoms. The summed E-state index contributed by atoms with van der Waals surface area (Å²) in [5, 5.41) is 10.2. The van der Waals surface area contributed by atoms with Crippen LogP contribution in [0.25, 0.3) is 0 Å². The monoisotopic (exact) mass is 285 g/mol. The molecule has 0 spiro atoms. The highest BCUT2D eigenvalue weighted by Gasteiger charge is 2.31. The van der Waals surface area contributed by atoms with Crippen molar-refractivity contribution in [1.82, 2.24) is 4.72 Å². The lowest BCUT2D eigenvalue weighted by atomic mass is 9.95. The van der Waals surface area contributed by atoms with Gasteiger partial charge in [0.2, 0.25) is 10.0 Å². The molecule has 1 fully saturated rings. The van der Waals surface area contributed by atoms with Gasteiger partial charge in [-0.3, -0.25) is 0 Å². The van der Waals surface area contributed by atoms with Crippen LogP contribution < -0.4 is 4.72 Å². The summed E-state index contributed by atoms with van der Waals surface area (Å²) in [6.45, 7) is 0.985. The van der Waals surface area contributed by atoms with Crippen molar-refractivity contribution in [1.29, 1.82) is 0 Å². The molecule has 2 N–H and O–H groups in total. The quantitative estimate of drug-likeness (QED) is 0.833. The molecule has 1 saturated heterocycles. The van der Waals surface area contributed by atoms with Crippen molar-refractivity contribution in [2.24, 2.45) is 0 Å². The van der Waals surface area contributed by atoms with Gasteiger partial charge in [0.15, 0.2) is 0 Å². The third-order valence-electron chi connectivity index (χ3n) is 3.24. The molecule has 19 heavy (non-hydrogen) atoms. The second kappa shape index (κ2) is 6.00. The van der Waals surface area contributed by atoms with Crippen LogP contribution in [-0.4, -0.2) is 38.9 Å². The molecular formula is C13H19NO4S. The first-order valence-corrected chi connectivity index (χ1v) is 7.96. The first kappa shape index (κ1) is 14.5. The van der Waals surface area contributed by atoms with Gasteiger partial charge in [-0.2, -0.15) is 0 Å². The Morgan fingerprint density at radius 1 is 1.21 bits per heavy atom. The van der Waals surface area contributed by atoms with Crippen LogP contribution in [0.4, 0.5) is 0 Å². The lowest BCUT2D eigenvalue weighted by Crippen LogP contribution is -2.46. The molecule has 0 saturated carbocycles. The molecule has 1 aliphatic rings. The first-order chi connectivity index (χ1) is 8.99. The highest BCUT2D eigenvalue weighted by molar-refractivity contribution is 7.88. The normalized spacial score (nSPS) is 19.2. The molecule has 0 aromatic heterocycles. The van der Waals surface area contributed by atoms with E-state index in [9.17, 15) is 13.5 Å². The van der Waals surface area contributed by atoms with E-state index in [1.165, 1.54) is 0 Å². The predicted molar refractivity (Wildman–Crippen MR) is 72.1 cm³/mol. The summed E-state index contributed by atoms with van der Waals surface area (Å²) in [5.41, 5.74) is -0.254. The van der Waals surface area contributed by atoms with Crippen molar-refractivity contribution in [3.63, 3.8) is 0 Å². The lowest BCUT2D eigenvalue weighted by Gasteiger charge is -2.31. The molecule has 1 aliphatic heterocycles. The number of aliphatic hydroxyl groups is 1. The number of ether oxygens (including phenoxy) is 1. The summed E-state index contributed by atoms with van der Waals surface area (Å²) in [6, 6.07) is 8.98. The third-order valence-corrected chi connectivity index (χ3v) is 4.54. The molecule has 0 radical (unpaired) electrons. The van der Waals surface area contributed by atoms with E-state index in [1.54, 1.807) is 24.3 Å². The maximum Gasteiger partial charge on any atom is 0.215 e. The SMILES string of the molecule is O=S(=O)(Cc1ccccc1)NCC1(O)CCOCC1. The van der Waals surface area contributed by atoms with E-state index in [-0.39, 0.29) is 12.3 Å². The van der Waals surface area contributed by atoms with E-state index in [1.807, 2.05) is 6.07 Å². The number of hydrogen-bond acceptors (Lipinski definition) is 4. The molecule has 1 aromatic rings. The van der Waals surface area contributed by atoms with E-state index in [4.69, 9.17) is 4.74 Å². The zero-order valence-electron chi connectivity index (χ0n) is 10.7. The van der Waals surface area contributed by atoms with Crippen LogP contribution in [0.2, 0.25) is 0 Å². The maximum atomic E-state index is 11.9. The van der Waals surface area contributed by atoms with Crippen molar-refractivity contribution < 1.29 is 18.3 Å². The maximum absolute atomic E-state index is 11.9. The Labute approximate surface area is 113 Å². The molecule has 0 bridgehead atoms. The summed E-state index contributed by atoms with van der Waals surface area (Å²) in [4.78, 5) is 0. The number of rotatable bonds is 5. The fraction of sp³-hybridized carbons (Fsp3) is 0.538. The molecule has 5 nitrogen and oxygen atoms in total. The van der Waals surface area contributed by atoms with E-state index < -0.39 is 15.6 Å². The molecular weight excluding hydrogens is 266 g/mol. The third kappa shape index (κ3) is 4.58. The topological polar surface area (TPSA) is 75.6 Å². The number of hydrogen-bond donors (Lipinski definition) is 2. The molecule has 2 rings (SSSR count). The minimum atomic E-state index is -3.42. The van der Waals surface area contributed by atoms with Crippen molar-refractivity contribution in [2.75, 3.05) is 19.8 Å². The Balaban J connectivity index is 1.91. The average Bonchev–Trinajstić information content (AvgIpc) is 2.38. The van der Waals surface area contributed by atoms with Crippen molar-refractivity contribution in [3.8, 4) is 0 Å². The number of benzene rings is 1. The Kier molecular flexibility index (Phi) is 4.57. The van der Waals surface area contributed by atoms with E-state index >= 15 is 0 Å². The van der Waals surface area contributed by atoms with Gasteiger partial charge in [0.05, 0.1) is 11.4 Å². The molecule has 0 atom stereocenters. The minimum Gasteiger partial charge on any atom is -0.388 e. The average molecular weight is 285 g/mol. The van der Waals surface area contributed by atoms with Crippen LogP contribution in [0.5, 0.6) is 0 Å². The predicted octanol–water partition coefficient (Wildman–Crippen LogP) is 0.647. The van der Waals surface area contributed by atoms with Crippen LogP contribution in [0.15, 0.2) is 30.3 Å². The van der Waals surface area contributed by atoms with Gasteiger partial charge in [-0.15, -0.1) is 0 Å². The second-order valence-electron chi connectivity index (χ2n) is 4.90. The second-order valence-corrected chi connectivity index (χ2v) is 6.71. The van der Waals surface area contributed by atoms with Crippen LogP contribution in [0.3, 0.4) is 0 Å². The fourth-order valence-electron chi connectivity index (χ4n) is 2.02. The molecule has 0 unspecified atom stereocenters. The smallest absolute Gasteiger partial charge is 0.215 e. The summed E-state index contributed by atoms with van der Waals surface area (Å²) in [5.74, 6) is -0.0690. The van der Waals surface area contributed by atoms with Crippen LogP contribution in [-0.2, 0) is 20.5 Å². The van der Waals surface area contributed by atoms with Gasteiger partial charge in [0.25, 0.3) is 0 Å². The van der Waals surface area contributed by atoms with E-state index in [0.717, 1.165) is 5.56 Å². The molecule has 0 aliphatic carbocycles. The van der Waals surface area contributed by atoms with Gasteiger partial charge >= 0.3 is 0 Å². The first-order valence-electron chi connectivity index (χ1n) is 6.31. The van der Waals surface area contributed by atoms with Gasteiger partial charge in [-0.05, 0) is 5.56 Å². The van der Waals surface area contributed by atoms with Gasteiger partial charge in [0, 0.05) is 32.6 Å². The van der Waals surface area contributed by atoms with Gasteiger partial charge in [-0.25, -0.2) is 13.1 Å². The Morgan fingerprint density at radius 3 is 2.47 bits per heavy atom. The van der Waals surface area contributed by atoms with Crippen molar-refractivity contribution >= 4 is 10.0 Å². The molecule has 106 valence electrons. The minimum absolute atomic E-state index is 0.0471. The highest BCUT2D eigenvalue weighted by Crippen LogP contribution is 2.19. The van der Waals surface area contributed by atoms with Gasteiger partial charge < -0.3 is 9.84 Å². The Hall–Kier alpha value is -0.950. The summed E-state index contributed by atoms with van der Waals surface area (Å²) in [7, 11) is -3.42. The van der Waals surface area contributed by atoms with Crippen LogP contribution in [0.1, 0.15) is 18.4 Å². The Morgan fingerprint density at radius 2 is 1.84 bits per heavy atom. The summed E-state index contributed by atoms with van der Waals surface area (Å²) in [6.07, 6.45) is 0.918. The summed E-state index contributed by atoms with van der Waals surface area (Å²) >= 11 is 0. The summed E-state index contributed by atoms with van der Waals surface area (Å²) < 4.78 is 31.5. The molecule has 1 aromatic carbocycles. The standard InChI is InChI=1S/C13H19NO4S/c15-13(6-8-18-9-7-13)11-14-19(16,17)10-12-4-2-1-3-5-12/h1-5,14-15H,6-11H2. The zero-order valence-corrected chi connectivity index (χ0v) is 11.5. The molecule has 1 heterocycles. The number of nitrogens with one attached hydrogen (secondary N) is 1. The van der Waals surface area contributed by atoms with Crippen LogP contribution in [0, 0.1) is 0 Å². The fourth-order valence-corrected chi connectivity index (χ4v) is 3.24. The van der Waals surface area contributed by atoms with Gasteiger partial charge in [0.1, 0.15) is 0 Å². The van der Waals surface area contributed by atoms with E-state index in [0.29, 0.717) is 26.1 Å². The van der Waals surface area contributed by atoms with Crippen LogP contribution >= 0.6 is 0 Å². The Bertz CT molecular complexity index is 495. The zero-order chi connectivity index (χ0) is 13.8. The van der Waals surface area contributed by atoms with Crippen molar-refractivity contribution in [3.05, 3.63) is 35.9 Å². The highest BCUT2D eigenvalue weighted by atomic mass is 32.2. The lowest BCUT2D eigenvalue weighted by molar-refractivity contribution is -0.0588.